The lowest BCUT2D eigenvalue weighted by atomic mass is 10.2. The van der Waals surface area contributed by atoms with Gasteiger partial charge in [-0.15, -0.1) is 0 Å². The van der Waals surface area contributed by atoms with Gasteiger partial charge in [0.2, 0.25) is 5.91 Å². The van der Waals surface area contributed by atoms with Crippen LogP contribution >= 0.6 is 31.9 Å². The van der Waals surface area contributed by atoms with Crippen LogP contribution < -0.4 is 14.9 Å². The number of halogens is 2. The first kappa shape index (κ1) is 22.2. The molecule has 6 nitrogen and oxygen atoms in total. The van der Waals surface area contributed by atoms with E-state index in [1.165, 1.54) is 6.21 Å². The van der Waals surface area contributed by atoms with E-state index < -0.39 is 0 Å². The van der Waals surface area contributed by atoms with E-state index in [1.807, 2.05) is 32.0 Å². The van der Waals surface area contributed by atoms with Crippen LogP contribution in [0.5, 0.6) is 17.2 Å². The summed E-state index contributed by atoms with van der Waals surface area (Å²) in [5.74, 6) is 0.935. The lowest BCUT2D eigenvalue weighted by molar-refractivity contribution is -0.121. The number of carbonyl (C=O) groups excluding carboxylic acids is 1. The SMILES string of the molecule is CCOc1cc(/C=N/NC(=O)CCCOc2ccc(C)cc2Br)cc(Br)c1O. The third kappa shape index (κ3) is 6.83. The molecule has 2 N–H and O–H groups in total. The van der Waals surface area contributed by atoms with Gasteiger partial charge in [0.05, 0.1) is 28.4 Å². The summed E-state index contributed by atoms with van der Waals surface area (Å²) >= 11 is 6.72. The highest BCUT2D eigenvalue weighted by Gasteiger charge is 2.08. The van der Waals surface area contributed by atoms with Crippen molar-refractivity contribution in [3.63, 3.8) is 0 Å². The van der Waals surface area contributed by atoms with E-state index in [-0.39, 0.29) is 11.7 Å². The van der Waals surface area contributed by atoms with E-state index in [0.29, 0.717) is 41.8 Å². The Morgan fingerprint density at radius 2 is 1.96 bits per heavy atom. The molecule has 0 saturated heterocycles. The first-order valence-electron chi connectivity index (χ1n) is 8.77. The van der Waals surface area contributed by atoms with Crippen molar-refractivity contribution in [2.45, 2.75) is 26.7 Å². The topological polar surface area (TPSA) is 80.2 Å². The number of benzene rings is 2. The molecule has 0 fully saturated rings. The maximum atomic E-state index is 11.9. The zero-order valence-corrected chi connectivity index (χ0v) is 18.8. The summed E-state index contributed by atoms with van der Waals surface area (Å²) in [6.45, 7) is 4.70. The number of ether oxygens (including phenoxy) is 2. The Balaban J connectivity index is 1.77. The third-order valence-corrected chi connectivity index (χ3v) is 4.87. The number of nitrogens with one attached hydrogen (secondary N) is 1. The maximum Gasteiger partial charge on any atom is 0.240 e. The van der Waals surface area contributed by atoms with Gasteiger partial charge >= 0.3 is 0 Å². The summed E-state index contributed by atoms with van der Waals surface area (Å²) in [5.41, 5.74) is 4.31. The number of aromatic hydroxyl groups is 1. The predicted octanol–water partition coefficient (Wildman–Crippen LogP) is 4.93. The minimum atomic E-state index is -0.203. The number of amides is 1. The molecule has 0 aromatic heterocycles. The molecule has 0 saturated carbocycles. The number of carbonyl (C=O) groups is 1. The molecule has 1 amide bonds. The quantitative estimate of drug-likeness (QED) is 0.283. The Morgan fingerprint density at radius 1 is 1.18 bits per heavy atom. The average Bonchev–Trinajstić information content (AvgIpc) is 2.64. The van der Waals surface area contributed by atoms with Crippen molar-refractivity contribution in [3.8, 4) is 17.2 Å². The molecule has 2 aromatic carbocycles. The number of hydrogen-bond donors (Lipinski definition) is 2. The summed E-state index contributed by atoms with van der Waals surface area (Å²) in [6.07, 6.45) is 2.36. The summed E-state index contributed by atoms with van der Waals surface area (Å²) in [5, 5.41) is 13.8. The number of rotatable bonds is 9. The number of phenols is 1. The molecule has 0 aliphatic rings. The maximum absolute atomic E-state index is 11.9. The van der Waals surface area contributed by atoms with Crippen molar-refractivity contribution in [1.82, 2.24) is 5.43 Å². The van der Waals surface area contributed by atoms with Gasteiger partial charge in [-0.05, 0) is 87.5 Å². The lowest BCUT2D eigenvalue weighted by Gasteiger charge is -2.09. The fraction of sp³-hybridized carbons (Fsp3) is 0.300. The first-order chi connectivity index (χ1) is 13.4. The van der Waals surface area contributed by atoms with Gasteiger partial charge in [-0.25, -0.2) is 5.43 Å². The summed E-state index contributed by atoms with van der Waals surface area (Å²) in [7, 11) is 0. The monoisotopic (exact) mass is 512 g/mol. The van der Waals surface area contributed by atoms with Crippen LogP contribution in [0.2, 0.25) is 0 Å². The zero-order valence-electron chi connectivity index (χ0n) is 15.7. The van der Waals surface area contributed by atoms with Crippen molar-refractivity contribution in [2.24, 2.45) is 5.10 Å². The highest BCUT2D eigenvalue weighted by molar-refractivity contribution is 9.10. The Morgan fingerprint density at radius 3 is 2.68 bits per heavy atom. The second-order valence-electron chi connectivity index (χ2n) is 5.96. The number of hydrogen-bond acceptors (Lipinski definition) is 5. The van der Waals surface area contributed by atoms with Crippen LogP contribution in [0.15, 0.2) is 44.4 Å². The van der Waals surface area contributed by atoms with Crippen molar-refractivity contribution in [3.05, 3.63) is 50.4 Å². The van der Waals surface area contributed by atoms with Gasteiger partial charge < -0.3 is 14.6 Å². The Hall–Kier alpha value is -2.06. The zero-order chi connectivity index (χ0) is 20.5. The molecule has 0 aliphatic heterocycles. The van der Waals surface area contributed by atoms with E-state index in [9.17, 15) is 9.90 Å². The molecule has 0 radical (unpaired) electrons. The molecule has 0 spiro atoms. The predicted molar refractivity (Wildman–Crippen MR) is 116 cm³/mol. The first-order valence-corrected chi connectivity index (χ1v) is 10.4. The van der Waals surface area contributed by atoms with Crippen LogP contribution in [-0.2, 0) is 4.79 Å². The molecule has 2 aromatic rings. The molecule has 2 rings (SSSR count). The standard InChI is InChI=1S/C20H22Br2N2O4/c1-3-27-18-11-14(10-16(22)20(18)26)12-23-24-19(25)5-4-8-28-17-7-6-13(2)9-15(17)21/h6-7,9-12,26H,3-5,8H2,1-2H3,(H,24,25)/b23-12+. The molecule has 0 atom stereocenters. The fourth-order valence-corrected chi connectivity index (χ4v) is 3.37. The fourth-order valence-electron chi connectivity index (χ4n) is 2.31. The van der Waals surface area contributed by atoms with Crippen molar-refractivity contribution >= 4 is 44.0 Å². The smallest absolute Gasteiger partial charge is 0.240 e. The van der Waals surface area contributed by atoms with Crippen LogP contribution in [0.25, 0.3) is 0 Å². The average molecular weight is 514 g/mol. The molecule has 150 valence electrons. The van der Waals surface area contributed by atoms with E-state index in [2.05, 4.69) is 42.4 Å². The van der Waals surface area contributed by atoms with Gasteiger partial charge in [-0.3, -0.25) is 4.79 Å². The van der Waals surface area contributed by atoms with E-state index in [0.717, 1.165) is 15.8 Å². The van der Waals surface area contributed by atoms with Crippen LogP contribution in [0, 0.1) is 6.92 Å². The van der Waals surface area contributed by atoms with Gasteiger partial charge in [-0.1, -0.05) is 6.07 Å². The van der Waals surface area contributed by atoms with E-state index >= 15 is 0 Å². The second-order valence-corrected chi connectivity index (χ2v) is 7.67. The van der Waals surface area contributed by atoms with Gasteiger partial charge in [0, 0.05) is 6.42 Å². The molecular formula is C20H22Br2N2O4. The van der Waals surface area contributed by atoms with Crippen molar-refractivity contribution < 1.29 is 19.4 Å². The molecule has 0 aliphatic carbocycles. The summed E-state index contributed by atoms with van der Waals surface area (Å²) < 4.78 is 12.4. The molecule has 0 bridgehead atoms. The second kappa shape index (κ2) is 11.1. The molecule has 28 heavy (non-hydrogen) atoms. The number of nitrogens with zero attached hydrogens (tertiary/aromatic N) is 1. The Labute approximate surface area is 181 Å². The molecule has 8 heteroatoms. The highest BCUT2D eigenvalue weighted by Crippen LogP contribution is 2.35. The van der Waals surface area contributed by atoms with Crippen LogP contribution in [0.3, 0.4) is 0 Å². The van der Waals surface area contributed by atoms with Gasteiger partial charge in [0.15, 0.2) is 11.5 Å². The largest absolute Gasteiger partial charge is 0.503 e. The lowest BCUT2D eigenvalue weighted by Crippen LogP contribution is -2.18. The molecule has 0 heterocycles. The van der Waals surface area contributed by atoms with Crippen molar-refractivity contribution in [1.29, 1.82) is 0 Å². The van der Waals surface area contributed by atoms with Crippen LogP contribution in [0.4, 0.5) is 0 Å². The third-order valence-electron chi connectivity index (χ3n) is 3.65. The molecular weight excluding hydrogens is 492 g/mol. The van der Waals surface area contributed by atoms with Crippen LogP contribution in [0.1, 0.15) is 30.9 Å². The van der Waals surface area contributed by atoms with Gasteiger partial charge in [-0.2, -0.15) is 5.10 Å². The van der Waals surface area contributed by atoms with Gasteiger partial charge in [0.25, 0.3) is 0 Å². The minimum Gasteiger partial charge on any atom is -0.503 e. The van der Waals surface area contributed by atoms with E-state index in [4.69, 9.17) is 9.47 Å². The number of aryl methyl sites for hydroxylation is 1. The van der Waals surface area contributed by atoms with Crippen molar-refractivity contribution in [2.75, 3.05) is 13.2 Å². The van der Waals surface area contributed by atoms with Crippen LogP contribution in [-0.4, -0.2) is 30.4 Å². The van der Waals surface area contributed by atoms with Gasteiger partial charge in [0.1, 0.15) is 5.75 Å². The summed E-state index contributed by atoms with van der Waals surface area (Å²) in [6, 6.07) is 9.18. The highest BCUT2D eigenvalue weighted by atomic mass is 79.9. The Bertz CT molecular complexity index is 856. The normalized spacial score (nSPS) is 10.9. The van der Waals surface area contributed by atoms with E-state index in [1.54, 1.807) is 12.1 Å². The summed E-state index contributed by atoms with van der Waals surface area (Å²) in [4.78, 5) is 11.9. The number of hydrazone groups is 1. The Kier molecular flexibility index (Phi) is 8.79. The minimum absolute atomic E-state index is 0.0308. The number of phenolic OH excluding ortho intramolecular Hbond substituents is 1. The molecule has 0 unspecified atom stereocenters.